The summed E-state index contributed by atoms with van der Waals surface area (Å²) in [6.07, 6.45) is 1.88. The lowest BCUT2D eigenvalue weighted by molar-refractivity contribution is 0.174. The second-order valence-electron chi connectivity index (χ2n) is 6.69. The molecule has 0 aromatic heterocycles. The molecule has 0 amide bonds. The van der Waals surface area contributed by atoms with Crippen LogP contribution in [0.3, 0.4) is 0 Å². The summed E-state index contributed by atoms with van der Waals surface area (Å²) in [4.78, 5) is 0.298. The number of rotatable bonds is 5. The minimum atomic E-state index is -3.24. The summed E-state index contributed by atoms with van der Waals surface area (Å²) in [5.74, 6) is 2.21. The molecule has 5 nitrogen and oxygen atoms in total. The molecule has 4 rings (SSSR count). The largest absolute Gasteiger partial charge is 0.497 e. The first-order valence-electron chi connectivity index (χ1n) is 8.80. The molecule has 0 radical (unpaired) electrons. The number of hydrogen-bond acceptors (Lipinski definition) is 5. The summed E-state index contributed by atoms with van der Waals surface area (Å²) in [6.45, 7) is 0.199. The van der Waals surface area contributed by atoms with Gasteiger partial charge in [0.1, 0.15) is 5.75 Å². The molecular formula is C22H20O5S. The minimum Gasteiger partial charge on any atom is -0.497 e. The van der Waals surface area contributed by atoms with Crippen LogP contribution < -0.4 is 14.2 Å². The molecule has 0 fully saturated rings. The first kappa shape index (κ1) is 18.4. The van der Waals surface area contributed by atoms with Gasteiger partial charge in [0.15, 0.2) is 21.3 Å². The molecule has 1 heterocycles. The van der Waals surface area contributed by atoms with Crippen molar-refractivity contribution in [1.29, 1.82) is 0 Å². The van der Waals surface area contributed by atoms with Gasteiger partial charge in [0, 0.05) is 6.26 Å². The highest BCUT2D eigenvalue weighted by Crippen LogP contribution is 2.40. The Kier molecular flexibility index (Phi) is 4.73. The van der Waals surface area contributed by atoms with Gasteiger partial charge in [-0.2, -0.15) is 0 Å². The zero-order valence-corrected chi connectivity index (χ0v) is 16.5. The van der Waals surface area contributed by atoms with E-state index in [-0.39, 0.29) is 6.79 Å². The maximum absolute atomic E-state index is 11.8. The van der Waals surface area contributed by atoms with Crippen LogP contribution in [-0.2, 0) is 16.3 Å². The van der Waals surface area contributed by atoms with Gasteiger partial charge < -0.3 is 14.2 Å². The van der Waals surface area contributed by atoms with E-state index in [9.17, 15) is 8.42 Å². The van der Waals surface area contributed by atoms with E-state index in [2.05, 4.69) is 0 Å². The number of methoxy groups -OCH3 is 1. The van der Waals surface area contributed by atoms with Gasteiger partial charge in [-0.25, -0.2) is 8.42 Å². The third kappa shape index (κ3) is 3.68. The van der Waals surface area contributed by atoms with Gasteiger partial charge in [0.2, 0.25) is 6.79 Å². The fraction of sp³-hybridized carbons (Fsp3) is 0.182. The van der Waals surface area contributed by atoms with Crippen LogP contribution in [0.15, 0.2) is 65.6 Å². The van der Waals surface area contributed by atoms with Crippen molar-refractivity contribution in [2.75, 3.05) is 20.2 Å². The molecule has 0 aliphatic carbocycles. The molecule has 1 aliphatic heterocycles. The molecule has 6 heteroatoms. The number of hydrogen-bond donors (Lipinski definition) is 0. The van der Waals surface area contributed by atoms with Crippen LogP contribution in [0, 0.1) is 0 Å². The van der Waals surface area contributed by atoms with Crippen LogP contribution in [0.25, 0.3) is 11.1 Å². The molecule has 0 saturated heterocycles. The molecule has 0 saturated carbocycles. The smallest absolute Gasteiger partial charge is 0.231 e. The topological polar surface area (TPSA) is 61.8 Å². The van der Waals surface area contributed by atoms with Gasteiger partial charge >= 0.3 is 0 Å². The van der Waals surface area contributed by atoms with Crippen molar-refractivity contribution in [3.05, 3.63) is 71.8 Å². The van der Waals surface area contributed by atoms with Crippen molar-refractivity contribution in [1.82, 2.24) is 0 Å². The fourth-order valence-corrected chi connectivity index (χ4v) is 3.91. The van der Waals surface area contributed by atoms with Gasteiger partial charge in [-0.05, 0) is 65.1 Å². The van der Waals surface area contributed by atoms with E-state index in [1.54, 1.807) is 19.2 Å². The summed E-state index contributed by atoms with van der Waals surface area (Å²) >= 11 is 0. The Morgan fingerprint density at radius 1 is 0.964 bits per heavy atom. The van der Waals surface area contributed by atoms with E-state index in [1.165, 1.54) is 6.26 Å². The van der Waals surface area contributed by atoms with Crippen molar-refractivity contribution >= 4 is 9.84 Å². The predicted octanol–water partition coefficient (Wildman–Crippen LogP) is 4.09. The van der Waals surface area contributed by atoms with E-state index in [1.807, 2.05) is 48.5 Å². The lowest BCUT2D eigenvalue weighted by Gasteiger charge is -2.13. The van der Waals surface area contributed by atoms with Crippen LogP contribution in [0.2, 0.25) is 0 Å². The highest BCUT2D eigenvalue weighted by molar-refractivity contribution is 7.90. The van der Waals surface area contributed by atoms with Gasteiger partial charge in [0.05, 0.1) is 12.0 Å². The van der Waals surface area contributed by atoms with Gasteiger partial charge in [-0.15, -0.1) is 0 Å². The van der Waals surface area contributed by atoms with Crippen LogP contribution in [0.5, 0.6) is 17.2 Å². The maximum Gasteiger partial charge on any atom is 0.231 e. The van der Waals surface area contributed by atoms with Crippen LogP contribution in [-0.4, -0.2) is 28.6 Å². The molecule has 28 heavy (non-hydrogen) atoms. The second kappa shape index (κ2) is 7.20. The maximum atomic E-state index is 11.8. The zero-order valence-electron chi connectivity index (χ0n) is 15.6. The normalized spacial score (nSPS) is 12.8. The van der Waals surface area contributed by atoms with Crippen LogP contribution >= 0.6 is 0 Å². The van der Waals surface area contributed by atoms with E-state index in [0.29, 0.717) is 17.1 Å². The average Bonchev–Trinajstić information content (AvgIpc) is 3.14. The van der Waals surface area contributed by atoms with E-state index >= 15 is 0 Å². The summed E-state index contributed by atoms with van der Waals surface area (Å²) in [5.41, 5.74) is 4.06. The minimum absolute atomic E-state index is 0.199. The Hall–Kier alpha value is -2.99. The molecule has 1 aliphatic rings. The summed E-state index contributed by atoms with van der Waals surface area (Å²) in [6, 6.07) is 18.8. The quantitative estimate of drug-likeness (QED) is 0.650. The zero-order chi connectivity index (χ0) is 19.7. The number of fused-ring (bicyclic) bond motifs is 1. The summed E-state index contributed by atoms with van der Waals surface area (Å²) < 4.78 is 39.9. The van der Waals surface area contributed by atoms with Gasteiger partial charge in [-0.1, -0.05) is 24.3 Å². The molecule has 0 unspecified atom stereocenters. The molecule has 3 aromatic carbocycles. The molecule has 0 bridgehead atoms. The number of ether oxygens (including phenoxy) is 3. The third-order valence-corrected chi connectivity index (χ3v) is 5.85. The third-order valence-electron chi connectivity index (χ3n) is 4.72. The summed E-state index contributed by atoms with van der Waals surface area (Å²) in [5, 5.41) is 0. The monoisotopic (exact) mass is 396 g/mol. The van der Waals surface area contributed by atoms with Crippen molar-refractivity contribution in [3.8, 4) is 28.4 Å². The lowest BCUT2D eigenvalue weighted by atomic mass is 9.94. The standard InChI is InChI=1S/C22H20O5S/c1-25-18-5-3-4-15(11-18)10-17-12-21-22(27-14-26-21)13-20(17)16-6-8-19(9-7-16)28(2,23)24/h3-9,11-13H,10,14H2,1-2H3. The lowest BCUT2D eigenvalue weighted by Crippen LogP contribution is -1.97. The summed E-state index contributed by atoms with van der Waals surface area (Å²) in [7, 11) is -1.59. The Balaban J connectivity index is 1.77. The highest BCUT2D eigenvalue weighted by Gasteiger charge is 2.19. The SMILES string of the molecule is COc1cccc(Cc2cc3c(cc2-c2ccc(S(C)(=O)=O)cc2)OCO3)c1. The van der Waals surface area contributed by atoms with Crippen molar-refractivity contribution in [3.63, 3.8) is 0 Å². The van der Waals surface area contributed by atoms with Gasteiger partial charge in [-0.3, -0.25) is 0 Å². The average molecular weight is 396 g/mol. The molecular weight excluding hydrogens is 376 g/mol. The Morgan fingerprint density at radius 3 is 2.36 bits per heavy atom. The Bertz CT molecular complexity index is 1120. The molecule has 0 spiro atoms. The molecule has 3 aromatic rings. The molecule has 144 valence electrons. The molecule has 0 atom stereocenters. The first-order valence-corrected chi connectivity index (χ1v) is 10.7. The molecule has 0 N–H and O–H groups in total. The van der Waals surface area contributed by atoms with E-state index < -0.39 is 9.84 Å². The van der Waals surface area contributed by atoms with Crippen LogP contribution in [0.1, 0.15) is 11.1 Å². The Labute approximate surface area is 164 Å². The van der Waals surface area contributed by atoms with Crippen molar-refractivity contribution < 1.29 is 22.6 Å². The van der Waals surface area contributed by atoms with E-state index in [0.717, 1.165) is 33.8 Å². The van der Waals surface area contributed by atoms with Crippen molar-refractivity contribution in [2.45, 2.75) is 11.3 Å². The predicted molar refractivity (Wildman–Crippen MR) is 107 cm³/mol. The van der Waals surface area contributed by atoms with Crippen molar-refractivity contribution in [2.24, 2.45) is 0 Å². The Morgan fingerprint density at radius 2 is 1.68 bits per heavy atom. The van der Waals surface area contributed by atoms with Gasteiger partial charge in [0.25, 0.3) is 0 Å². The first-order chi connectivity index (χ1) is 13.4. The van der Waals surface area contributed by atoms with E-state index in [4.69, 9.17) is 14.2 Å². The van der Waals surface area contributed by atoms with Crippen LogP contribution in [0.4, 0.5) is 0 Å². The number of benzene rings is 3. The highest BCUT2D eigenvalue weighted by atomic mass is 32.2. The number of sulfone groups is 1. The second-order valence-corrected chi connectivity index (χ2v) is 8.70. The fourth-order valence-electron chi connectivity index (χ4n) is 3.28.